The van der Waals surface area contributed by atoms with E-state index in [2.05, 4.69) is 0 Å². The summed E-state index contributed by atoms with van der Waals surface area (Å²) >= 11 is 0. The van der Waals surface area contributed by atoms with Crippen molar-refractivity contribution in [2.75, 3.05) is 6.54 Å². The van der Waals surface area contributed by atoms with Gasteiger partial charge in [0.1, 0.15) is 22.0 Å². The van der Waals surface area contributed by atoms with Gasteiger partial charge in [0.2, 0.25) is 10.0 Å². The van der Waals surface area contributed by atoms with Crippen LogP contribution in [0.25, 0.3) is 0 Å². The van der Waals surface area contributed by atoms with Crippen molar-refractivity contribution >= 4 is 16.0 Å². The largest absolute Gasteiger partial charge is 0.478 e. The van der Waals surface area contributed by atoms with Crippen LogP contribution in [0, 0.1) is 13.8 Å². The molecule has 1 aromatic rings. The molecule has 0 aliphatic heterocycles. The second-order valence-corrected chi connectivity index (χ2v) is 6.49. The van der Waals surface area contributed by atoms with Crippen molar-refractivity contribution < 1.29 is 22.7 Å². The molecule has 1 saturated carbocycles. The summed E-state index contributed by atoms with van der Waals surface area (Å²) in [5, 5.41) is 9.19. The predicted molar refractivity (Wildman–Crippen MR) is 67.7 cm³/mol. The van der Waals surface area contributed by atoms with Crippen LogP contribution in [0.3, 0.4) is 0 Å². The number of furan rings is 1. The van der Waals surface area contributed by atoms with E-state index in [0.717, 1.165) is 12.8 Å². The van der Waals surface area contributed by atoms with Crippen molar-refractivity contribution in [1.82, 2.24) is 4.31 Å². The fourth-order valence-electron chi connectivity index (χ4n) is 2.33. The van der Waals surface area contributed by atoms with Crippen LogP contribution in [0.1, 0.15) is 41.6 Å². The maximum atomic E-state index is 12.6. The second kappa shape index (κ2) is 4.64. The molecule has 0 saturated heterocycles. The average molecular weight is 287 g/mol. The van der Waals surface area contributed by atoms with Crippen molar-refractivity contribution in [3.05, 3.63) is 17.1 Å². The summed E-state index contributed by atoms with van der Waals surface area (Å²) in [6, 6.07) is -0.00810. The molecule has 1 heterocycles. The van der Waals surface area contributed by atoms with Gasteiger partial charge in [0.15, 0.2) is 0 Å². The summed E-state index contributed by atoms with van der Waals surface area (Å²) in [7, 11) is -3.81. The van der Waals surface area contributed by atoms with Gasteiger partial charge >= 0.3 is 5.97 Å². The number of carboxylic acids is 1. The first-order valence-corrected chi connectivity index (χ1v) is 7.59. The zero-order chi connectivity index (χ0) is 14.4. The smallest absolute Gasteiger partial charge is 0.340 e. The number of carbonyl (C=O) groups is 1. The second-order valence-electron chi connectivity index (χ2n) is 4.66. The number of carboxylic acid groups (broad SMARTS) is 1. The third-order valence-corrected chi connectivity index (χ3v) is 5.43. The van der Waals surface area contributed by atoms with Crippen LogP contribution in [0.15, 0.2) is 9.31 Å². The van der Waals surface area contributed by atoms with E-state index in [0.29, 0.717) is 6.54 Å². The van der Waals surface area contributed by atoms with Crippen LogP contribution >= 0.6 is 0 Å². The quantitative estimate of drug-likeness (QED) is 0.891. The maximum absolute atomic E-state index is 12.6. The van der Waals surface area contributed by atoms with Gasteiger partial charge in [0.05, 0.1) is 0 Å². The Kier molecular flexibility index (Phi) is 3.44. The monoisotopic (exact) mass is 287 g/mol. The molecule has 0 atom stereocenters. The van der Waals surface area contributed by atoms with E-state index in [9.17, 15) is 18.3 Å². The van der Waals surface area contributed by atoms with Crippen LogP contribution in [0.2, 0.25) is 0 Å². The van der Waals surface area contributed by atoms with E-state index in [-0.39, 0.29) is 28.0 Å². The minimum absolute atomic E-state index is 0.00810. The molecule has 0 amide bonds. The van der Waals surface area contributed by atoms with Crippen LogP contribution in [-0.4, -0.2) is 36.4 Å². The number of sulfonamides is 1. The average Bonchev–Trinajstić information content (AvgIpc) is 3.04. The molecular weight excluding hydrogens is 270 g/mol. The Morgan fingerprint density at radius 2 is 1.95 bits per heavy atom. The van der Waals surface area contributed by atoms with E-state index in [1.807, 2.05) is 0 Å². The van der Waals surface area contributed by atoms with Gasteiger partial charge in [0, 0.05) is 12.6 Å². The number of rotatable bonds is 5. The molecule has 1 N–H and O–H groups in total. The number of nitrogens with zero attached hydrogens (tertiary/aromatic N) is 1. The molecule has 6 nitrogen and oxygen atoms in total. The van der Waals surface area contributed by atoms with Crippen molar-refractivity contribution in [3.63, 3.8) is 0 Å². The Morgan fingerprint density at radius 1 is 1.37 bits per heavy atom. The van der Waals surface area contributed by atoms with Crippen LogP contribution in [0.4, 0.5) is 0 Å². The summed E-state index contributed by atoms with van der Waals surface area (Å²) in [5.41, 5.74) is -0.253. The van der Waals surface area contributed by atoms with Crippen molar-refractivity contribution in [2.24, 2.45) is 0 Å². The Hall–Kier alpha value is -1.34. The van der Waals surface area contributed by atoms with E-state index in [4.69, 9.17) is 4.42 Å². The molecule has 0 radical (unpaired) electrons. The number of hydrogen-bond acceptors (Lipinski definition) is 4. The minimum atomic E-state index is -3.81. The lowest BCUT2D eigenvalue weighted by atomic mass is 10.2. The molecule has 0 spiro atoms. The van der Waals surface area contributed by atoms with Crippen molar-refractivity contribution in [3.8, 4) is 0 Å². The van der Waals surface area contributed by atoms with E-state index in [1.54, 1.807) is 6.92 Å². The third-order valence-electron chi connectivity index (χ3n) is 3.25. The summed E-state index contributed by atoms with van der Waals surface area (Å²) in [4.78, 5) is 11.1. The van der Waals surface area contributed by atoms with Crippen molar-refractivity contribution in [1.29, 1.82) is 0 Å². The van der Waals surface area contributed by atoms with Gasteiger partial charge in [-0.2, -0.15) is 4.31 Å². The maximum Gasteiger partial charge on any atom is 0.340 e. The number of aromatic carboxylic acids is 1. The lowest BCUT2D eigenvalue weighted by molar-refractivity contribution is 0.0691. The van der Waals surface area contributed by atoms with E-state index in [1.165, 1.54) is 18.2 Å². The Morgan fingerprint density at radius 3 is 2.37 bits per heavy atom. The lowest BCUT2D eigenvalue weighted by Crippen LogP contribution is -2.34. The zero-order valence-corrected chi connectivity index (χ0v) is 12.0. The molecule has 1 fully saturated rings. The van der Waals surface area contributed by atoms with Gasteiger partial charge in [0.25, 0.3) is 0 Å². The molecule has 2 rings (SSSR count). The molecule has 0 aromatic carbocycles. The van der Waals surface area contributed by atoms with Crippen molar-refractivity contribution in [2.45, 2.75) is 44.6 Å². The van der Waals surface area contributed by atoms with E-state index < -0.39 is 16.0 Å². The molecule has 19 heavy (non-hydrogen) atoms. The van der Waals surface area contributed by atoms with Gasteiger partial charge in [-0.05, 0) is 26.7 Å². The molecule has 7 heteroatoms. The lowest BCUT2D eigenvalue weighted by Gasteiger charge is -2.19. The Balaban J connectivity index is 2.60. The molecule has 0 bridgehead atoms. The molecule has 1 aliphatic carbocycles. The highest BCUT2D eigenvalue weighted by Crippen LogP contribution is 2.35. The van der Waals surface area contributed by atoms with Gasteiger partial charge in [-0.1, -0.05) is 6.92 Å². The highest BCUT2D eigenvalue weighted by atomic mass is 32.2. The SMILES string of the molecule is CCN(C1CC1)S(=O)(=O)c1c(C)oc(C)c1C(=O)O. The number of aryl methyl sites for hydroxylation is 2. The van der Waals surface area contributed by atoms with Gasteiger partial charge < -0.3 is 9.52 Å². The fraction of sp³-hybridized carbons (Fsp3) is 0.583. The molecular formula is C12H17NO5S. The third kappa shape index (κ3) is 2.28. The molecule has 1 aliphatic rings. The molecule has 0 unspecified atom stereocenters. The summed E-state index contributed by atoms with van der Waals surface area (Å²) in [6.07, 6.45) is 1.65. The molecule has 106 valence electrons. The van der Waals surface area contributed by atoms with E-state index >= 15 is 0 Å². The first kappa shape index (κ1) is 14.1. The highest BCUT2D eigenvalue weighted by molar-refractivity contribution is 7.89. The Bertz CT molecular complexity index is 612. The minimum Gasteiger partial charge on any atom is -0.478 e. The predicted octanol–water partition coefficient (Wildman–Crippen LogP) is 1.77. The van der Waals surface area contributed by atoms with Gasteiger partial charge in [-0.25, -0.2) is 13.2 Å². The van der Waals surface area contributed by atoms with Gasteiger partial charge in [-0.15, -0.1) is 0 Å². The first-order chi connectivity index (χ1) is 8.80. The summed E-state index contributed by atoms with van der Waals surface area (Å²) < 4.78 is 31.8. The van der Waals surface area contributed by atoms with Crippen LogP contribution < -0.4 is 0 Å². The zero-order valence-electron chi connectivity index (χ0n) is 11.1. The summed E-state index contributed by atoms with van der Waals surface area (Å²) in [5.74, 6) is -1.02. The Labute approximate surface area is 112 Å². The highest BCUT2D eigenvalue weighted by Gasteiger charge is 2.41. The molecule has 1 aromatic heterocycles. The van der Waals surface area contributed by atoms with Crippen LogP contribution in [-0.2, 0) is 10.0 Å². The normalized spacial score (nSPS) is 16.0. The topological polar surface area (TPSA) is 87.8 Å². The first-order valence-electron chi connectivity index (χ1n) is 6.15. The fourth-order valence-corrected chi connectivity index (χ4v) is 4.40. The number of hydrogen-bond donors (Lipinski definition) is 1. The van der Waals surface area contributed by atoms with Gasteiger partial charge in [-0.3, -0.25) is 0 Å². The van der Waals surface area contributed by atoms with Crippen LogP contribution in [0.5, 0.6) is 0 Å². The summed E-state index contributed by atoms with van der Waals surface area (Å²) in [6.45, 7) is 5.02. The standard InChI is InChI=1S/C12H17NO5S/c1-4-13(9-5-6-9)19(16,17)11-8(3)18-7(2)10(11)12(14)15/h9H,4-6H2,1-3H3,(H,14,15).